The van der Waals surface area contributed by atoms with Crippen molar-refractivity contribution < 1.29 is 49.1 Å². The first kappa shape index (κ1) is 31.4. The van der Waals surface area contributed by atoms with Gasteiger partial charge in [-0.25, -0.2) is 0 Å². The minimum Gasteiger partial charge on any atom is -0.508 e. The third-order valence-corrected chi connectivity index (χ3v) is 9.04. The molecule has 2 rings (SSSR count). The third-order valence-electron chi connectivity index (χ3n) is 6.27. The van der Waals surface area contributed by atoms with E-state index in [0.717, 1.165) is 0 Å². The van der Waals surface area contributed by atoms with Gasteiger partial charge >= 0.3 is 15.2 Å². The predicted molar refractivity (Wildman–Crippen MR) is 137 cm³/mol. The molecule has 0 amide bonds. The maximum atomic E-state index is 12.3. The fraction of sp³-hybridized carbons (Fsp3) is 0.478. The Balaban J connectivity index is 2.40. The van der Waals surface area contributed by atoms with E-state index in [1.165, 1.54) is 47.1 Å². The second kappa shape index (κ2) is 13.3. The Morgan fingerprint density at radius 3 is 1.81 bits per heavy atom. The molecule has 2 aromatic rings. The smallest absolute Gasteiger partial charge is 0.342 e. The summed E-state index contributed by atoms with van der Waals surface area (Å²) in [5, 5.41) is 39.4. The first-order valence-electron chi connectivity index (χ1n) is 11.6. The molecule has 0 aliphatic carbocycles. The van der Waals surface area contributed by atoms with E-state index in [9.17, 15) is 49.1 Å². The summed E-state index contributed by atoms with van der Waals surface area (Å²) in [5.41, 5.74) is 1.62. The largest absolute Gasteiger partial charge is 0.508 e. The second-order valence-electron chi connectivity index (χ2n) is 8.88. The van der Waals surface area contributed by atoms with E-state index in [-0.39, 0.29) is 57.3 Å². The number of aromatic hydroxyl groups is 2. The van der Waals surface area contributed by atoms with Gasteiger partial charge in [0.15, 0.2) is 0 Å². The van der Waals surface area contributed by atoms with E-state index in [2.05, 4.69) is 0 Å². The number of aliphatic hydroxyl groups excluding tert-OH is 2. The summed E-state index contributed by atoms with van der Waals surface area (Å²) in [6.07, 6.45) is 0.0626. The number of benzene rings is 2. The Hall–Kier alpha value is -1.82. The van der Waals surface area contributed by atoms with Crippen LogP contribution in [0.15, 0.2) is 36.4 Å². The topological polar surface area (TPSA) is 202 Å². The lowest BCUT2D eigenvalue weighted by Crippen LogP contribution is -2.43. The highest BCUT2D eigenvalue weighted by molar-refractivity contribution is 7.52. The monoisotopic (exact) mass is 562 g/mol. The molecule has 0 aromatic heterocycles. The Morgan fingerprint density at radius 1 is 0.757 bits per heavy atom. The van der Waals surface area contributed by atoms with Crippen molar-refractivity contribution in [1.29, 1.82) is 0 Å². The van der Waals surface area contributed by atoms with Gasteiger partial charge in [-0.1, -0.05) is 25.1 Å². The highest BCUT2D eigenvalue weighted by Crippen LogP contribution is 2.46. The van der Waals surface area contributed by atoms with Crippen molar-refractivity contribution in [3.8, 4) is 11.5 Å². The molecule has 2 unspecified atom stereocenters. The Kier molecular flexibility index (Phi) is 11.3. The van der Waals surface area contributed by atoms with Gasteiger partial charge in [0.1, 0.15) is 23.1 Å². The molecule has 0 heterocycles. The van der Waals surface area contributed by atoms with Crippen LogP contribution in [0.3, 0.4) is 0 Å². The van der Waals surface area contributed by atoms with Crippen LogP contribution < -0.4 is 0 Å². The van der Waals surface area contributed by atoms with Crippen LogP contribution in [0.1, 0.15) is 42.5 Å². The van der Waals surface area contributed by atoms with Crippen molar-refractivity contribution in [2.75, 3.05) is 13.1 Å². The highest BCUT2D eigenvalue weighted by Gasteiger charge is 2.35. The number of aliphatic hydroxyl groups is 2. The fourth-order valence-electron chi connectivity index (χ4n) is 4.05. The van der Waals surface area contributed by atoms with Gasteiger partial charge in [0, 0.05) is 37.3 Å². The van der Waals surface area contributed by atoms with E-state index in [0.29, 0.717) is 22.3 Å². The third kappa shape index (κ3) is 8.87. The molecule has 14 heteroatoms. The molecule has 0 aliphatic heterocycles. The van der Waals surface area contributed by atoms with Crippen molar-refractivity contribution in [3.05, 3.63) is 58.7 Å². The van der Waals surface area contributed by atoms with Crippen molar-refractivity contribution in [2.45, 2.75) is 58.1 Å². The molecule has 2 atom stereocenters. The van der Waals surface area contributed by atoms with Crippen molar-refractivity contribution in [1.82, 2.24) is 9.80 Å². The van der Waals surface area contributed by atoms with Gasteiger partial charge in [0.25, 0.3) is 0 Å². The van der Waals surface area contributed by atoms with E-state index in [4.69, 9.17) is 0 Å². The molecule has 8 N–H and O–H groups in total. The standard InChI is InChI=1S/C23H36N2O10P2/c1-3-23(37(33,34)35)25(12-19-6-4-18(15-27)11-22(19)29)9-8-24(16(2)36(30,31)32)13-20-10-17(14-26)5-7-21(20)28/h4-7,10-11,16,23,26-29H,3,8-9,12-15H2,1-2H3,(H2,30,31,32)(H2,33,34,35). The van der Waals surface area contributed by atoms with Crippen LogP contribution in [0.5, 0.6) is 11.5 Å². The number of hydrogen-bond acceptors (Lipinski definition) is 8. The summed E-state index contributed by atoms with van der Waals surface area (Å²) in [4.78, 5) is 42.5. The van der Waals surface area contributed by atoms with Gasteiger partial charge in [0.05, 0.1) is 13.2 Å². The van der Waals surface area contributed by atoms with E-state index in [1.807, 2.05) is 0 Å². The Bertz CT molecular complexity index is 1140. The van der Waals surface area contributed by atoms with Crippen molar-refractivity contribution in [2.24, 2.45) is 0 Å². The molecule has 12 nitrogen and oxygen atoms in total. The zero-order valence-electron chi connectivity index (χ0n) is 20.8. The summed E-state index contributed by atoms with van der Waals surface area (Å²) in [5.74, 6) is -2.82. The van der Waals surface area contributed by atoms with Gasteiger partial charge in [-0.15, -0.1) is 0 Å². The number of phenolic OH excluding ortho intramolecular Hbond substituents is 2. The van der Waals surface area contributed by atoms with Crippen LogP contribution in [0.25, 0.3) is 0 Å². The molecule has 2 aromatic carbocycles. The van der Waals surface area contributed by atoms with Gasteiger partial charge in [-0.3, -0.25) is 18.9 Å². The minimum absolute atomic E-state index is 0.0460. The molecule has 0 saturated heterocycles. The SMILES string of the molecule is CCC(N(CCN(Cc1cc(CO)ccc1O)C(C)P(=O)(O)O)Cc1ccc(CO)cc1O)P(=O)(O)O. The van der Waals surface area contributed by atoms with E-state index >= 15 is 0 Å². The lowest BCUT2D eigenvalue weighted by molar-refractivity contribution is 0.147. The van der Waals surface area contributed by atoms with Gasteiger partial charge in [-0.05, 0) is 42.7 Å². The fourth-order valence-corrected chi connectivity index (χ4v) is 5.77. The number of hydrogen-bond donors (Lipinski definition) is 8. The van der Waals surface area contributed by atoms with Crippen molar-refractivity contribution >= 4 is 15.2 Å². The predicted octanol–water partition coefficient (Wildman–Crippen LogP) is 1.82. The summed E-state index contributed by atoms with van der Waals surface area (Å²) < 4.78 is 24.4. The van der Waals surface area contributed by atoms with Gasteiger partial charge in [-0.2, -0.15) is 0 Å². The number of rotatable bonds is 14. The van der Waals surface area contributed by atoms with Crippen LogP contribution in [0.4, 0.5) is 0 Å². The molecule has 0 spiro atoms. The van der Waals surface area contributed by atoms with Crippen LogP contribution in [-0.4, -0.2) is 74.5 Å². The summed E-state index contributed by atoms with van der Waals surface area (Å²) in [7, 11) is -9.27. The normalized spacial score (nSPS) is 14.3. The lowest BCUT2D eigenvalue weighted by Gasteiger charge is -2.35. The minimum atomic E-state index is -4.64. The van der Waals surface area contributed by atoms with Crippen molar-refractivity contribution in [3.63, 3.8) is 0 Å². The highest BCUT2D eigenvalue weighted by atomic mass is 31.2. The van der Waals surface area contributed by atoms with E-state index < -0.39 is 26.8 Å². The maximum Gasteiger partial charge on any atom is 0.342 e. The molecule has 0 bridgehead atoms. The maximum absolute atomic E-state index is 12.3. The number of phenols is 2. The molecular weight excluding hydrogens is 526 g/mol. The molecule has 0 saturated carbocycles. The average molecular weight is 562 g/mol. The van der Waals surface area contributed by atoms with Crippen LogP contribution in [0, 0.1) is 0 Å². The summed E-state index contributed by atoms with van der Waals surface area (Å²) in [6, 6.07) is 8.85. The zero-order valence-corrected chi connectivity index (χ0v) is 22.5. The quantitative estimate of drug-likeness (QED) is 0.155. The van der Waals surface area contributed by atoms with Crippen LogP contribution in [-0.2, 0) is 35.4 Å². The molecular formula is C23H36N2O10P2. The molecule has 0 aliphatic rings. The van der Waals surface area contributed by atoms with E-state index in [1.54, 1.807) is 13.0 Å². The van der Waals surface area contributed by atoms with Crippen LogP contribution in [0.2, 0.25) is 0 Å². The Morgan fingerprint density at radius 2 is 1.30 bits per heavy atom. The van der Waals surface area contributed by atoms with Gasteiger partial charge in [0.2, 0.25) is 0 Å². The second-order valence-corrected chi connectivity index (χ2v) is 12.6. The first-order chi connectivity index (χ1) is 17.2. The lowest BCUT2D eigenvalue weighted by atomic mass is 10.1. The average Bonchev–Trinajstić information content (AvgIpc) is 2.82. The summed E-state index contributed by atoms with van der Waals surface area (Å²) in [6.45, 7) is 2.03. The molecule has 208 valence electrons. The Labute approximate surface area is 215 Å². The first-order valence-corrected chi connectivity index (χ1v) is 15.0. The number of nitrogens with zero attached hydrogens (tertiary/aromatic N) is 2. The zero-order chi connectivity index (χ0) is 28.0. The summed E-state index contributed by atoms with van der Waals surface area (Å²) >= 11 is 0. The van der Waals surface area contributed by atoms with Gasteiger partial charge < -0.3 is 40.0 Å². The molecule has 0 radical (unpaired) electrons. The van der Waals surface area contributed by atoms with Crippen LogP contribution >= 0.6 is 15.2 Å². The molecule has 0 fully saturated rings. The molecule has 37 heavy (non-hydrogen) atoms.